The largest absolute Gasteiger partial charge is 0.358 e. The minimum atomic E-state index is 0. The van der Waals surface area contributed by atoms with Gasteiger partial charge in [0.25, 0.3) is 0 Å². The molecule has 0 aliphatic carbocycles. The minimum Gasteiger partial charge on any atom is -0.358 e. The van der Waals surface area contributed by atoms with E-state index < -0.39 is 0 Å². The Labute approximate surface area is 160 Å². The number of rotatable bonds is 7. The molecular formula is C17H27IN4S. The number of hydrogen-bond acceptors (Lipinski definition) is 2. The van der Waals surface area contributed by atoms with Crippen LogP contribution in [0.1, 0.15) is 18.2 Å². The number of thioether (sulfide) groups is 1. The van der Waals surface area contributed by atoms with Gasteiger partial charge in [-0.25, -0.2) is 0 Å². The first-order chi connectivity index (χ1) is 10.8. The van der Waals surface area contributed by atoms with Crippen molar-refractivity contribution < 1.29 is 0 Å². The van der Waals surface area contributed by atoms with Gasteiger partial charge in [0.15, 0.2) is 5.96 Å². The van der Waals surface area contributed by atoms with Crippen LogP contribution in [0.25, 0.3) is 10.9 Å². The number of fused-ring (bicyclic) bond motifs is 1. The van der Waals surface area contributed by atoms with Crippen LogP contribution in [0, 0.1) is 6.92 Å². The van der Waals surface area contributed by atoms with Gasteiger partial charge in [-0.2, -0.15) is 11.8 Å². The molecule has 0 saturated carbocycles. The Bertz CT molecular complexity index is 624. The zero-order chi connectivity index (χ0) is 15.8. The zero-order valence-electron chi connectivity index (χ0n) is 14.1. The number of para-hydroxylation sites is 1. The summed E-state index contributed by atoms with van der Waals surface area (Å²) in [6.07, 6.45) is 3.10. The van der Waals surface area contributed by atoms with Crippen molar-refractivity contribution in [1.82, 2.24) is 15.6 Å². The number of guanidine groups is 1. The summed E-state index contributed by atoms with van der Waals surface area (Å²) in [6, 6.07) is 8.49. The van der Waals surface area contributed by atoms with Crippen molar-refractivity contribution in [2.45, 2.75) is 20.3 Å². The number of aryl methyl sites for hydroxylation is 1. The van der Waals surface area contributed by atoms with Crippen LogP contribution >= 0.6 is 35.7 Å². The highest BCUT2D eigenvalue weighted by Crippen LogP contribution is 2.21. The first-order valence-corrected chi connectivity index (χ1v) is 9.23. The summed E-state index contributed by atoms with van der Waals surface area (Å²) in [5.41, 5.74) is 3.87. The van der Waals surface area contributed by atoms with Crippen molar-refractivity contribution >= 4 is 52.6 Å². The van der Waals surface area contributed by atoms with Crippen LogP contribution in [0.3, 0.4) is 0 Å². The SMILES string of the molecule is CCNC(=NCCSC)NCCc1c(C)[nH]c2ccccc12.I. The number of nitrogens with one attached hydrogen (secondary N) is 3. The van der Waals surface area contributed by atoms with Crippen molar-refractivity contribution in [1.29, 1.82) is 0 Å². The number of halogens is 1. The van der Waals surface area contributed by atoms with Crippen LogP contribution in [0.4, 0.5) is 0 Å². The molecule has 1 heterocycles. The summed E-state index contributed by atoms with van der Waals surface area (Å²) >= 11 is 1.82. The molecule has 0 spiro atoms. The highest BCUT2D eigenvalue weighted by Gasteiger charge is 2.07. The van der Waals surface area contributed by atoms with Gasteiger partial charge in [0.1, 0.15) is 0 Å². The molecule has 1 aromatic heterocycles. The van der Waals surface area contributed by atoms with Gasteiger partial charge in [0, 0.05) is 35.4 Å². The van der Waals surface area contributed by atoms with E-state index in [2.05, 4.69) is 65.0 Å². The van der Waals surface area contributed by atoms with Gasteiger partial charge in [-0.1, -0.05) is 18.2 Å². The molecule has 0 fully saturated rings. The number of aliphatic imine (C=N–C) groups is 1. The summed E-state index contributed by atoms with van der Waals surface area (Å²) in [6.45, 7) is 6.86. The number of benzene rings is 1. The second-order valence-electron chi connectivity index (χ2n) is 5.20. The standard InChI is InChI=1S/C17H26N4S.HI/c1-4-18-17(20-11-12-22-3)19-10-9-14-13(2)21-16-8-6-5-7-15(14)16;/h5-8,21H,4,9-12H2,1-3H3,(H2,18,19,20);1H. The maximum absolute atomic E-state index is 4.57. The molecule has 0 saturated heterocycles. The van der Waals surface area contributed by atoms with Gasteiger partial charge in [-0.3, -0.25) is 4.99 Å². The number of aromatic nitrogens is 1. The highest BCUT2D eigenvalue weighted by molar-refractivity contribution is 14.0. The van der Waals surface area contributed by atoms with Gasteiger partial charge in [-0.15, -0.1) is 24.0 Å². The maximum atomic E-state index is 4.57. The monoisotopic (exact) mass is 446 g/mol. The van der Waals surface area contributed by atoms with Gasteiger partial charge in [-0.05, 0) is 38.2 Å². The quantitative estimate of drug-likeness (QED) is 0.264. The molecule has 0 unspecified atom stereocenters. The number of H-pyrrole nitrogens is 1. The van der Waals surface area contributed by atoms with E-state index in [0.29, 0.717) is 0 Å². The molecule has 2 aromatic rings. The average Bonchev–Trinajstić information content (AvgIpc) is 2.83. The third-order valence-electron chi connectivity index (χ3n) is 3.60. The van der Waals surface area contributed by atoms with Crippen molar-refractivity contribution in [3.05, 3.63) is 35.5 Å². The summed E-state index contributed by atoms with van der Waals surface area (Å²) in [5.74, 6) is 1.96. The van der Waals surface area contributed by atoms with Crippen molar-refractivity contribution in [2.75, 3.05) is 31.6 Å². The van der Waals surface area contributed by atoms with E-state index in [-0.39, 0.29) is 24.0 Å². The maximum Gasteiger partial charge on any atom is 0.191 e. The Balaban J connectivity index is 0.00000264. The number of nitrogens with zero attached hydrogens (tertiary/aromatic N) is 1. The second kappa shape index (κ2) is 10.8. The van der Waals surface area contributed by atoms with E-state index in [9.17, 15) is 0 Å². The Morgan fingerprint density at radius 2 is 2.04 bits per heavy atom. The van der Waals surface area contributed by atoms with Gasteiger partial charge in [0.2, 0.25) is 0 Å². The molecule has 0 amide bonds. The van der Waals surface area contributed by atoms with Gasteiger partial charge >= 0.3 is 0 Å². The fourth-order valence-corrected chi connectivity index (χ4v) is 2.83. The molecule has 0 aliphatic heterocycles. The lowest BCUT2D eigenvalue weighted by Gasteiger charge is -2.11. The van der Waals surface area contributed by atoms with E-state index >= 15 is 0 Å². The Morgan fingerprint density at radius 1 is 1.26 bits per heavy atom. The molecule has 4 nitrogen and oxygen atoms in total. The fraction of sp³-hybridized carbons (Fsp3) is 0.471. The third kappa shape index (κ3) is 5.91. The molecular weight excluding hydrogens is 419 g/mol. The zero-order valence-corrected chi connectivity index (χ0v) is 17.3. The molecule has 1 aromatic carbocycles. The summed E-state index contributed by atoms with van der Waals surface area (Å²) in [4.78, 5) is 8.03. The lowest BCUT2D eigenvalue weighted by Crippen LogP contribution is -2.38. The van der Waals surface area contributed by atoms with Crippen LogP contribution < -0.4 is 10.6 Å². The van der Waals surface area contributed by atoms with Crippen LogP contribution in [0.5, 0.6) is 0 Å². The van der Waals surface area contributed by atoms with Crippen molar-refractivity contribution in [2.24, 2.45) is 4.99 Å². The van der Waals surface area contributed by atoms with Crippen LogP contribution in [-0.2, 0) is 6.42 Å². The third-order valence-corrected chi connectivity index (χ3v) is 4.19. The Morgan fingerprint density at radius 3 is 2.78 bits per heavy atom. The van der Waals surface area contributed by atoms with Crippen molar-refractivity contribution in [3.63, 3.8) is 0 Å². The summed E-state index contributed by atoms with van der Waals surface area (Å²) < 4.78 is 0. The lowest BCUT2D eigenvalue weighted by molar-refractivity contribution is 0.803. The average molecular weight is 446 g/mol. The molecule has 0 aliphatic rings. The molecule has 0 bridgehead atoms. The topological polar surface area (TPSA) is 52.2 Å². The normalized spacial score (nSPS) is 11.3. The first kappa shape index (κ1) is 20.2. The predicted octanol–water partition coefficient (Wildman–Crippen LogP) is 3.55. The molecule has 128 valence electrons. The van der Waals surface area contributed by atoms with E-state index in [4.69, 9.17) is 0 Å². The molecule has 3 N–H and O–H groups in total. The van der Waals surface area contributed by atoms with E-state index in [1.807, 2.05) is 11.8 Å². The van der Waals surface area contributed by atoms with Crippen LogP contribution in [-0.4, -0.2) is 42.6 Å². The van der Waals surface area contributed by atoms with E-state index in [1.165, 1.54) is 22.2 Å². The van der Waals surface area contributed by atoms with Crippen LogP contribution in [0.2, 0.25) is 0 Å². The van der Waals surface area contributed by atoms with Gasteiger partial charge in [0.05, 0.1) is 6.54 Å². The Hall–Kier alpha value is -0.890. The summed E-state index contributed by atoms with van der Waals surface area (Å²) in [5, 5.41) is 8.05. The van der Waals surface area contributed by atoms with Gasteiger partial charge < -0.3 is 15.6 Å². The number of hydrogen-bond donors (Lipinski definition) is 3. The second-order valence-corrected chi connectivity index (χ2v) is 6.19. The molecule has 2 rings (SSSR count). The molecule has 0 atom stereocenters. The van der Waals surface area contributed by atoms with E-state index in [1.54, 1.807) is 0 Å². The first-order valence-electron chi connectivity index (χ1n) is 7.83. The Kier molecular flexibility index (Phi) is 9.47. The fourth-order valence-electron chi connectivity index (χ4n) is 2.55. The van der Waals surface area contributed by atoms with Crippen molar-refractivity contribution in [3.8, 4) is 0 Å². The van der Waals surface area contributed by atoms with E-state index in [0.717, 1.165) is 37.8 Å². The summed E-state index contributed by atoms with van der Waals surface area (Å²) in [7, 11) is 0. The van der Waals surface area contributed by atoms with Crippen LogP contribution in [0.15, 0.2) is 29.3 Å². The molecule has 0 radical (unpaired) electrons. The molecule has 6 heteroatoms. The smallest absolute Gasteiger partial charge is 0.191 e. The number of aromatic amines is 1. The lowest BCUT2D eigenvalue weighted by atomic mass is 10.1. The predicted molar refractivity (Wildman–Crippen MR) is 115 cm³/mol. The highest BCUT2D eigenvalue weighted by atomic mass is 127. The molecule has 23 heavy (non-hydrogen) atoms. The minimum absolute atomic E-state index is 0.